The van der Waals surface area contributed by atoms with Crippen molar-refractivity contribution in [2.45, 2.75) is 44.7 Å². The molecular weight excluding hydrogens is 360 g/mol. The van der Waals surface area contributed by atoms with Crippen LogP contribution in [0.2, 0.25) is 0 Å². The van der Waals surface area contributed by atoms with Gasteiger partial charge in [0.15, 0.2) is 0 Å². The molecule has 2 fully saturated rings. The van der Waals surface area contributed by atoms with Crippen LogP contribution < -0.4 is 10.1 Å². The molecule has 2 aromatic carbocycles. The Morgan fingerprint density at radius 2 is 1.93 bits per heavy atom. The van der Waals surface area contributed by atoms with Gasteiger partial charge in [0, 0.05) is 18.2 Å². The van der Waals surface area contributed by atoms with Gasteiger partial charge < -0.3 is 15.0 Å². The summed E-state index contributed by atoms with van der Waals surface area (Å²) in [6.07, 6.45) is 5.65. The minimum absolute atomic E-state index is 0. The van der Waals surface area contributed by atoms with E-state index >= 15 is 0 Å². The molecule has 0 bridgehead atoms. The van der Waals surface area contributed by atoms with Gasteiger partial charge in [-0.2, -0.15) is 0 Å². The van der Waals surface area contributed by atoms with Crippen LogP contribution in [0.1, 0.15) is 37.7 Å². The zero-order valence-electron chi connectivity index (χ0n) is 15.9. The third-order valence-electron chi connectivity index (χ3n) is 6.00. The van der Waals surface area contributed by atoms with Crippen LogP contribution >= 0.6 is 12.4 Å². The largest absolute Gasteiger partial charge is 0.496 e. The lowest BCUT2D eigenvalue weighted by Gasteiger charge is -2.32. The molecule has 0 spiro atoms. The molecule has 1 aliphatic heterocycles. The van der Waals surface area contributed by atoms with Crippen LogP contribution in [0.25, 0.3) is 10.8 Å². The monoisotopic (exact) mass is 388 g/mol. The summed E-state index contributed by atoms with van der Waals surface area (Å²) in [6.45, 7) is 2.41. The predicted octanol–water partition coefficient (Wildman–Crippen LogP) is 4.15. The number of halogens is 1. The van der Waals surface area contributed by atoms with E-state index in [9.17, 15) is 4.79 Å². The van der Waals surface area contributed by atoms with E-state index in [1.165, 1.54) is 23.6 Å². The van der Waals surface area contributed by atoms with Crippen LogP contribution in [0.5, 0.6) is 5.75 Å². The first-order valence-corrected chi connectivity index (χ1v) is 9.83. The van der Waals surface area contributed by atoms with E-state index in [2.05, 4.69) is 40.5 Å². The molecule has 1 atom stereocenters. The summed E-state index contributed by atoms with van der Waals surface area (Å²) in [5.74, 6) is 1.32. The zero-order valence-corrected chi connectivity index (χ0v) is 16.8. The second-order valence-corrected chi connectivity index (χ2v) is 7.56. The lowest BCUT2D eigenvalue weighted by Crippen LogP contribution is -2.42. The van der Waals surface area contributed by atoms with Gasteiger partial charge in [0.2, 0.25) is 5.91 Å². The fourth-order valence-electron chi connectivity index (χ4n) is 4.54. The predicted molar refractivity (Wildman–Crippen MR) is 112 cm³/mol. The molecule has 0 aromatic heterocycles. The van der Waals surface area contributed by atoms with Crippen molar-refractivity contribution < 1.29 is 9.53 Å². The minimum Gasteiger partial charge on any atom is -0.496 e. The molecule has 1 amide bonds. The van der Waals surface area contributed by atoms with E-state index in [0.29, 0.717) is 18.5 Å². The van der Waals surface area contributed by atoms with Crippen LogP contribution in [0.3, 0.4) is 0 Å². The number of nitrogens with zero attached hydrogens (tertiary/aromatic N) is 1. The Bertz CT molecular complexity index is 783. The minimum atomic E-state index is 0. The number of carbonyl (C=O) groups is 1. The van der Waals surface area contributed by atoms with Crippen molar-refractivity contribution in [3.63, 3.8) is 0 Å². The molecule has 1 aliphatic carbocycles. The number of amides is 1. The normalized spacial score (nSPS) is 19.8. The number of rotatable bonds is 5. The standard InChI is InChI=1S/C22H28N2O2.ClH/c1-26-21-11-10-16-6-2-5-9-19(16)20(21)15-24(18-7-3-4-8-18)22(25)17-12-13-23-14-17;/h2,5-6,9-11,17-18,23H,3-4,7-8,12-15H2,1H3;1H. The SMILES string of the molecule is COc1ccc2ccccc2c1CN(C(=O)C1CCNC1)C1CCCC1.Cl. The maximum Gasteiger partial charge on any atom is 0.227 e. The van der Waals surface area contributed by atoms with Gasteiger partial charge in [0.05, 0.1) is 19.6 Å². The van der Waals surface area contributed by atoms with Crippen LogP contribution in [0.4, 0.5) is 0 Å². The van der Waals surface area contributed by atoms with Gasteiger partial charge in [-0.05, 0) is 42.6 Å². The second kappa shape index (κ2) is 8.94. The number of methoxy groups -OCH3 is 1. The number of ether oxygens (including phenoxy) is 1. The van der Waals surface area contributed by atoms with Crippen LogP contribution in [0.15, 0.2) is 36.4 Å². The van der Waals surface area contributed by atoms with E-state index in [1.54, 1.807) is 7.11 Å². The molecule has 1 unspecified atom stereocenters. The molecule has 4 rings (SSSR count). The van der Waals surface area contributed by atoms with E-state index in [4.69, 9.17) is 4.74 Å². The molecular formula is C22H29ClN2O2. The number of hydrogen-bond donors (Lipinski definition) is 1. The van der Waals surface area contributed by atoms with Crippen molar-refractivity contribution in [2.75, 3.05) is 20.2 Å². The highest BCUT2D eigenvalue weighted by atomic mass is 35.5. The zero-order chi connectivity index (χ0) is 17.9. The van der Waals surface area contributed by atoms with Crippen LogP contribution in [-0.2, 0) is 11.3 Å². The molecule has 27 heavy (non-hydrogen) atoms. The Kier molecular flexibility index (Phi) is 6.61. The summed E-state index contributed by atoms with van der Waals surface area (Å²) in [4.78, 5) is 15.5. The van der Waals surface area contributed by atoms with Crippen molar-refractivity contribution in [3.8, 4) is 5.75 Å². The van der Waals surface area contributed by atoms with Crippen molar-refractivity contribution >= 4 is 29.1 Å². The fourth-order valence-corrected chi connectivity index (χ4v) is 4.54. The summed E-state index contributed by atoms with van der Waals surface area (Å²) in [5.41, 5.74) is 1.14. The maximum absolute atomic E-state index is 13.3. The Morgan fingerprint density at radius 1 is 1.15 bits per heavy atom. The Hall–Kier alpha value is -1.78. The fraction of sp³-hybridized carbons (Fsp3) is 0.500. The highest BCUT2D eigenvalue weighted by Crippen LogP contribution is 2.33. The molecule has 5 heteroatoms. The van der Waals surface area contributed by atoms with Gasteiger partial charge in [0.1, 0.15) is 5.75 Å². The van der Waals surface area contributed by atoms with Crippen LogP contribution in [0, 0.1) is 5.92 Å². The van der Waals surface area contributed by atoms with Crippen molar-refractivity contribution in [1.29, 1.82) is 0 Å². The number of carbonyl (C=O) groups excluding carboxylic acids is 1. The molecule has 1 saturated heterocycles. The molecule has 1 N–H and O–H groups in total. The number of fused-ring (bicyclic) bond motifs is 1. The summed E-state index contributed by atoms with van der Waals surface area (Å²) < 4.78 is 5.67. The van der Waals surface area contributed by atoms with Gasteiger partial charge in [0.25, 0.3) is 0 Å². The summed E-state index contributed by atoms with van der Waals surface area (Å²) in [6, 6.07) is 12.9. The Labute approximate surface area is 167 Å². The lowest BCUT2D eigenvalue weighted by molar-refractivity contribution is -0.138. The highest BCUT2D eigenvalue weighted by Gasteiger charge is 2.33. The van der Waals surface area contributed by atoms with E-state index in [1.807, 2.05) is 6.07 Å². The first kappa shape index (κ1) is 20.0. The van der Waals surface area contributed by atoms with Crippen molar-refractivity contribution in [2.24, 2.45) is 5.92 Å². The van der Waals surface area contributed by atoms with Crippen molar-refractivity contribution in [3.05, 3.63) is 42.0 Å². The van der Waals surface area contributed by atoms with Gasteiger partial charge >= 0.3 is 0 Å². The molecule has 4 nitrogen and oxygen atoms in total. The Morgan fingerprint density at radius 3 is 2.63 bits per heavy atom. The first-order valence-electron chi connectivity index (χ1n) is 9.83. The molecule has 0 radical (unpaired) electrons. The topological polar surface area (TPSA) is 41.6 Å². The van der Waals surface area contributed by atoms with E-state index in [0.717, 1.165) is 43.7 Å². The molecule has 2 aliphatic rings. The third kappa shape index (κ3) is 4.07. The van der Waals surface area contributed by atoms with Gasteiger partial charge in [-0.1, -0.05) is 43.2 Å². The van der Waals surface area contributed by atoms with Gasteiger partial charge in [-0.25, -0.2) is 0 Å². The average Bonchev–Trinajstić information content (AvgIpc) is 3.39. The first-order chi connectivity index (χ1) is 12.8. The highest BCUT2D eigenvalue weighted by molar-refractivity contribution is 5.88. The average molecular weight is 389 g/mol. The molecule has 1 saturated carbocycles. The molecule has 2 aromatic rings. The summed E-state index contributed by atoms with van der Waals surface area (Å²) >= 11 is 0. The number of hydrogen-bond acceptors (Lipinski definition) is 3. The van der Waals surface area contributed by atoms with Crippen molar-refractivity contribution in [1.82, 2.24) is 10.2 Å². The van der Waals surface area contributed by atoms with E-state index < -0.39 is 0 Å². The summed E-state index contributed by atoms with van der Waals surface area (Å²) in [5, 5.41) is 5.73. The maximum atomic E-state index is 13.3. The lowest BCUT2D eigenvalue weighted by atomic mass is 10.00. The van der Waals surface area contributed by atoms with Gasteiger partial charge in [-0.15, -0.1) is 12.4 Å². The molecule has 146 valence electrons. The van der Waals surface area contributed by atoms with Gasteiger partial charge in [-0.3, -0.25) is 4.79 Å². The number of nitrogens with one attached hydrogen (secondary N) is 1. The third-order valence-corrected chi connectivity index (χ3v) is 6.00. The number of benzene rings is 2. The second-order valence-electron chi connectivity index (χ2n) is 7.56. The quantitative estimate of drug-likeness (QED) is 0.836. The molecule has 1 heterocycles. The van der Waals surface area contributed by atoms with E-state index in [-0.39, 0.29) is 18.3 Å². The smallest absolute Gasteiger partial charge is 0.227 e. The summed E-state index contributed by atoms with van der Waals surface area (Å²) in [7, 11) is 1.72. The van der Waals surface area contributed by atoms with Crippen LogP contribution in [-0.4, -0.2) is 37.0 Å². The Balaban J connectivity index is 0.00000210.